The first-order valence-corrected chi connectivity index (χ1v) is 7.44. The van der Waals surface area contributed by atoms with Crippen molar-refractivity contribution in [3.63, 3.8) is 0 Å². The predicted molar refractivity (Wildman–Crippen MR) is 83.1 cm³/mol. The minimum atomic E-state index is -0.279. The minimum Gasteiger partial charge on any atom is -0.481 e. The Balaban J connectivity index is 2.27. The molecule has 2 unspecified atom stereocenters. The summed E-state index contributed by atoms with van der Waals surface area (Å²) in [4.78, 5) is 4.31. The van der Waals surface area contributed by atoms with E-state index >= 15 is 0 Å². The quantitative estimate of drug-likeness (QED) is 0.862. The molecule has 0 radical (unpaired) electrons. The van der Waals surface area contributed by atoms with Gasteiger partial charge in [0.05, 0.1) is 10.2 Å². The lowest BCUT2D eigenvalue weighted by Crippen LogP contribution is -2.29. The fourth-order valence-electron chi connectivity index (χ4n) is 1.69. The number of pyridine rings is 1. The molecule has 0 spiro atoms. The molecule has 2 aromatic rings. The molecule has 0 saturated heterocycles. The van der Waals surface area contributed by atoms with Crippen LogP contribution < -0.4 is 10.5 Å². The average molecular weight is 386 g/mol. The standard InChI is InChI=1S/C14H14Br2N2O/c1-9(17)14(12-4-2-3-7-18-12)19-13-6-5-10(15)8-11(13)16/h2-9,14H,17H2,1H3. The highest BCUT2D eigenvalue weighted by molar-refractivity contribution is 9.11. The van der Waals surface area contributed by atoms with Gasteiger partial charge < -0.3 is 10.5 Å². The van der Waals surface area contributed by atoms with E-state index in [2.05, 4.69) is 36.8 Å². The summed E-state index contributed by atoms with van der Waals surface area (Å²) >= 11 is 6.89. The maximum absolute atomic E-state index is 6.01. The topological polar surface area (TPSA) is 48.1 Å². The Morgan fingerprint density at radius 1 is 1.21 bits per heavy atom. The van der Waals surface area contributed by atoms with Crippen LogP contribution in [0.25, 0.3) is 0 Å². The number of ether oxygens (including phenoxy) is 1. The van der Waals surface area contributed by atoms with Gasteiger partial charge in [-0.05, 0) is 53.2 Å². The molecule has 1 aromatic carbocycles. The van der Waals surface area contributed by atoms with Crippen molar-refractivity contribution in [3.8, 4) is 5.75 Å². The summed E-state index contributed by atoms with van der Waals surface area (Å²) < 4.78 is 7.86. The van der Waals surface area contributed by atoms with Crippen LogP contribution in [0.15, 0.2) is 51.5 Å². The van der Waals surface area contributed by atoms with Gasteiger partial charge in [-0.2, -0.15) is 0 Å². The predicted octanol–water partition coefficient (Wildman–Crippen LogP) is 4.07. The lowest BCUT2D eigenvalue weighted by Gasteiger charge is -2.22. The molecular formula is C14H14Br2N2O. The zero-order valence-corrected chi connectivity index (χ0v) is 13.6. The second-order valence-electron chi connectivity index (χ2n) is 4.23. The Morgan fingerprint density at radius 3 is 2.58 bits per heavy atom. The number of halogens is 2. The lowest BCUT2D eigenvalue weighted by molar-refractivity contribution is 0.174. The van der Waals surface area contributed by atoms with Gasteiger partial charge in [-0.15, -0.1) is 0 Å². The number of nitrogens with two attached hydrogens (primary N) is 1. The largest absolute Gasteiger partial charge is 0.481 e. The molecule has 1 aromatic heterocycles. The van der Waals surface area contributed by atoms with E-state index in [1.165, 1.54) is 0 Å². The Kier molecular flexibility index (Phi) is 4.96. The zero-order chi connectivity index (χ0) is 13.8. The first kappa shape index (κ1) is 14.5. The van der Waals surface area contributed by atoms with Gasteiger partial charge in [-0.25, -0.2) is 0 Å². The molecule has 0 bridgehead atoms. The molecule has 0 fully saturated rings. The van der Waals surface area contributed by atoms with Crippen LogP contribution in [0.4, 0.5) is 0 Å². The van der Waals surface area contributed by atoms with Crippen LogP contribution in [0.2, 0.25) is 0 Å². The maximum atomic E-state index is 6.01. The van der Waals surface area contributed by atoms with Gasteiger partial charge in [0.15, 0.2) is 6.10 Å². The van der Waals surface area contributed by atoms with E-state index in [0.29, 0.717) is 0 Å². The van der Waals surface area contributed by atoms with Crippen LogP contribution in [0, 0.1) is 0 Å². The second-order valence-corrected chi connectivity index (χ2v) is 6.00. The van der Waals surface area contributed by atoms with Crippen LogP contribution in [0.5, 0.6) is 5.75 Å². The number of hydrogen-bond donors (Lipinski definition) is 1. The number of hydrogen-bond acceptors (Lipinski definition) is 3. The average Bonchev–Trinajstić information content (AvgIpc) is 2.38. The molecule has 0 aliphatic carbocycles. The summed E-state index contributed by atoms with van der Waals surface area (Å²) in [7, 11) is 0. The number of nitrogens with zero attached hydrogens (tertiary/aromatic N) is 1. The van der Waals surface area contributed by atoms with Crippen molar-refractivity contribution in [3.05, 3.63) is 57.2 Å². The lowest BCUT2D eigenvalue weighted by atomic mass is 10.1. The molecule has 0 saturated carbocycles. The summed E-state index contributed by atoms with van der Waals surface area (Å²) in [6.07, 6.45) is 1.46. The van der Waals surface area contributed by atoms with Crippen molar-refractivity contribution in [1.82, 2.24) is 4.98 Å². The Labute approximate surface area is 129 Å². The van der Waals surface area contributed by atoms with E-state index in [4.69, 9.17) is 10.5 Å². The van der Waals surface area contributed by atoms with E-state index in [-0.39, 0.29) is 12.1 Å². The first-order valence-electron chi connectivity index (χ1n) is 5.86. The molecule has 0 amide bonds. The van der Waals surface area contributed by atoms with Gasteiger partial charge in [0.1, 0.15) is 5.75 Å². The summed E-state index contributed by atoms with van der Waals surface area (Å²) in [5.74, 6) is 0.746. The number of rotatable bonds is 4. The molecule has 100 valence electrons. The van der Waals surface area contributed by atoms with Crippen molar-refractivity contribution >= 4 is 31.9 Å². The summed E-state index contributed by atoms with van der Waals surface area (Å²) in [6, 6.07) is 11.3. The Morgan fingerprint density at radius 2 is 2.00 bits per heavy atom. The molecule has 0 aliphatic heterocycles. The van der Waals surface area contributed by atoms with Gasteiger partial charge in [0.2, 0.25) is 0 Å². The third kappa shape index (κ3) is 3.78. The molecule has 5 heteroatoms. The maximum Gasteiger partial charge on any atom is 0.155 e. The third-order valence-corrected chi connectivity index (χ3v) is 3.72. The van der Waals surface area contributed by atoms with Gasteiger partial charge >= 0.3 is 0 Å². The van der Waals surface area contributed by atoms with Crippen molar-refractivity contribution in [2.24, 2.45) is 5.73 Å². The normalized spacial score (nSPS) is 13.9. The van der Waals surface area contributed by atoms with Gasteiger partial charge in [-0.1, -0.05) is 22.0 Å². The van der Waals surface area contributed by atoms with Gasteiger partial charge in [-0.3, -0.25) is 4.98 Å². The molecule has 2 atom stereocenters. The van der Waals surface area contributed by atoms with Crippen molar-refractivity contribution < 1.29 is 4.74 Å². The molecule has 3 nitrogen and oxygen atoms in total. The van der Waals surface area contributed by atoms with Crippen molar-refractivity contribution in [2.45, 2.75) is 19.1 Å². The van der Waals surface area contributed by atoms with Crippen LogP contribution >= 0.6 is 31.9 Å². The monoisotopic (exact) mass is 384 g/mol. The Hall–Kier alpha value is -0.910. The molecule has 1 heterocycles. The third-order valence-electron chi connectivity index (χ3n) is 2.60. The van der Waals surface area contributed by atoms with E-state index in [1.54, 1.807) is 6.20 Å². The molecular weight excluding hydrogens is 372 g/mol. The molecule has 2 rings (SSSR count). The summed E-state index contributed by atoms with van der Waals surface area (Å²) in [5, 5.41) is 0. The molecule has 0 aliphatic rings. The molecule has 19 heavy (non-hydrogen) atoms. The van der Waals surface area contributed by atoms with Crippen LogP contribution in [-0.4, -0.2) is 11.0 Å². The van der Waals surface area contributed by atoms with Crippen LogP contribution in [0.3, 0.4) is 0 Å². The highest BCUT2D eigenvalue weighted by Gasteiger charge is 2.20. The number of benzene rings is 1. The van der Waals surface area contributed by atoms with Crippen molar-refractivity contribution in [2.75, 3.05) is 0 Å². The van der Waals surface area contributed by atoms with Gasteiger partial charge in [0.25, 0.3) is 0 Å². The second kappa shape index (κ2) is 6.50. The fraction of sp³-hybridized carbons (Fsp3) is 0.214. The van der Waals surface area contributed by atoms with Crippen LogP contribution in [0.1, 0.15) is 18.7 Å². The van der Waals surface area contributed by atoms with E-state index in [0.717, 1.165) is 20.4 Å². The number of aromatic nitrogens is 1. The van der Waals surface area contributed by atoms with E-state index < -0.39 is 0 Å². The van der Waals surface area contributed by atoms with Gasteiger partial charge in [0, 0.05) is 16.7 Å². The first-order chi connectivity index (χ1) is 9.08. The van der Waals surface area contributed by atoms with Crippen LogP contribution in [-0.2, 0) is 0 Å². The highest BCUT2D eigenvalue weighted by Crippen LogP contribution is 2.32. The smallest absolute Gasteiger partial charge is 0.155 e. The minimum absolute atomic E-state index is 0.162. The summed E-state index contributed by atoms with van der Waals surface area (Å²) in [5.41, 5.74) is 6.83. The Bertz CT molecular complexity index is 546. The zero-order valence-electron chi connectivity index (χ0n) is 10.4. The SMILES string of the molecule is CC(N)C(Oc1ccc(Br)cc1Br)c1ccccn1. The van der Waals surface area contributed by atoms with E-state index in [1.807, 2.05) is 43.3 Å². The summed E-state index contributed by atoms with van der Waals surface area (Å²) in [6.45, 7) is 1.91. The van der Waals surface area contributed by atoms with Crippen molar-refractivity contribution in [1.29, 1.82) is 0 Å². The van der Waals surface area contributed by atoms with E-state index in [9.17, 15) is 0 Å². The fourth-order valence-corrected chi connectivity index (χ4v) is 2.83. The molecule has 2 N–H and O–H groups in total. The highest BCUT2D eigenvalue weighted by atomic mass is 79.9.